The zero-order valence-corrected chi connectivity index (χ0v) is 21.7. The minimum atomic E-state index is -3.56. The van der Waals surface area contributed by atoms with Gasteiger partial charge in [-0.15, -0.1) is 0 Å². The molecule has 3 heterocycles. The lowest BCUT2D eigenvalue weighted by Gasteiger charge is -2.38. The molecule has 4 rings (SSSR count). The smallest absolute Gasteiger partial charge is 0.243 e. The molecule has 2 fully saturated rings. The van der Waals surface area contributed by atoms with Gasteiger partial charge in [0.25, 0.3) is 0 Å². The van der Waals surface area contributed by atoms with E-state index in [1.54, 1.807) is 4.31 Å². The van der Waals surface area contributed by atoms with E-state index in [2.05, 4.69) is 10.1 Å². The fourth-order valence-corrected chi connectivity index (χ4v) is 7.26. The predicted octanol–water partition coefficient (Wildman–Crippen LogP) is 2.96. The third kappa shape index (κ3) is 4.92. The summed E-state index contributed by atoms with van der Waals surface area (Å²) >= 11 is 0. The molecule has 186 valence electrons. The summed E-state index contributed by atoms with van der Waals surface area (Å²) in [5, 5.41) is 4.03. The van der Waals surface area contributed by atoms with Crippen LogP contribution in [0.4, 0.5) is 0 Å². The number of piperazine rings is 1. The second-order valence-corrected chi connectivity index (χ2v) is 11.7. The Labute approximate surface area is 202 Å². The number of piperidine rings is 1. The summed E-state index contributed by atoms with van der Waals surface area (Å²) < 4.78 is 33.5. The minimum absolute atomic E-state index is 0.110. The Morgan fingerprint density at radius 1 is 0.971 bits per heavy atom. The molecule has 2 saturated heterocycles. The van der Waals surface area contributed by atoms with Crippen molar-refractivity contribution in [1.29, 1.82) is 0 Å². The predicted molar refractivity (Wildman–Crippen MR) is 130 cm³/mol. The molecule has 9 heteroatoms. The normalized spacial score (nSPS) is 19.0. The Hall–Kier alpha value is -2.23. The number of carbonyl (C=O) groups is 1. The zero-order valence-electron chi connectivity index (χ0n) is 20.9. The Balaban J connectivity index is 1.32. The molecule has 2 aliphatic rings. The van der Waals surface area contributed by atoms with Crippen LogP contribution in [-0.2, 0) is 21.4 Å². The lowest BCUT2D eigenvalue weighted by molar-refractivity contribution is -0.138. The first-order valence-electron chi connectivity index (χ1n) is 12.1. The molecular weight excluding hydrogens is 452 g/mol. The van der Waals surface area contributed by atoms with E-state index in [4.69, 9.17) is 4.52 Å². The van der Waals surface area contributed by atoms with E-state index < -0.39 is 10.0 Å². The standard InChI is InChI=1S/C25H36N4O4S/c1-17-14-18(2)24(19(3)15-17)34(31,32)29-8-6-22(7-9-29)25(30)28-12-10-27(11-13-28)16-23-20(4)26-33-21(23)5/h14-15,22H,6-13,16H2,1-5H3. The summed E-state index contributed by atoms with van der Waals surface area (Å²) in [6.45, 7) is 14.2. The molecule has 8 nitrogen and oxygen atoms in total. The molecule has 0 N–H and O–H groups in total. The highest BCUT2D eigenvalue weighted by atomic mass is 32.2. The minimum Gasteiger partial charge on any atom is -0.361 e. The largest absolute Gasteiger partial charge is 0.361 e. The van der Waals surface area contributed by atoms with Gasteiger partial charge in [0.15, 0.2) is 0 Å². The van der Waals surface area contributed by atoms with Gasteiger partial charge in [-0.3, -0.25) is 9.69 Å². The molecule has 0 spiro atoms. The lowest BCUT2D eigenvalue weighted by Crippen LogP contribution is -2.51. The van der Waals surface area contributed by atoms with Gasteiger partial charge in [0, 0.05) is 57.3 Å². The number of nitrogens with zero attached hydrogens (tertiary/aromatic N) is 4. The van der Waals surface area contributed by atoms with Crippen molar-refractivity contribution in [2.24, 2.45) is 5.92 Å². The number of amides is 1. The molecule has 34 heavy (non-hydrogen) atoms. The van der Waals surface area contributed by atoms with E-state index >= 15 is 0 Å². The van der Waals surface area contributed by atoms with Crippen LogP contribution in [0.5, 0.6) is 0 Å². The van der Waals surface area contributed by atoms with Crippen LogP contribution in [0.3, 0.4) is 0 Å². The maximum atomic E-state index is 13.3. The third-order valence-corrected chi connectivity index (χ3v) is 9.46. The van der Waals surface area contributed by atoms with Gasteiger partial charge in [-0.05, 0) is 58.6 Å². The average Bonchev–Trinajstić information content (AvgIpc) is 3.10. The molecule has 0 radical (unpaired) electrons. The molecule has 2 aliphatic heterocycles. The molecule has 0 aliphatic carbocycles. The summed E-state index contributed by atoms with van der Waals surface area (Å²) in [5.74, 6) is 0.909. The number of hydrogen-bond donors (Lipinski definition) is 0. The van der Waals surface area contributed by atoms with Crippen molar-refractivity contribution in [3.8, 4) is 0 Å². The summed E-state index contributed by atoms with van der Waals surface area (Å²) in [6, 6.07) is 3.84. The van der Waals surface area contributed by atoms with Crippen LogP contribution < -0.4 is 0 Å². The van der Waals surface area contributed by atoms with E-state index in [9.17, 15) is 13.2 Å². The number of aromatic nitrogens is 1. The van der Waals surface area contributed by atoms with Crippen LogP contribution >= 0.6 is 0 Å². The Bertz CT molecular complexity index is 1120. The topological polar surface area (TPSA) is 87.0 Å². The van der Waals surface area contributed by atoms with Crippen LogP contribution in [0, 0.1) is 40.5 Å². The van der Waals surface area contributed by atoms with Gasteiger partial charge in [0.2, 0.25) is 15.9 Å². The van der Waals surface area contributed by atoms with Crippen molar-refractivity contribution in [2.45, 2.75) is 58.9 Å². The van der Waals surface area contributed by atoms with Gasteiger partial charge in [-0.25, -0.2) is 8.42 Å². The van der Waals surface area contributed by atoms with E-state index in [1.165, 1.54) is 0 Å². The number of hydrogen-bond acceptors (Lipinski definition) is 6. The highest BCUT2D eigenvalue weighted by Gasteiger charge is 2.35. The monoisotopic (exact) mass is 488 g/mol. The number of rotatable bonds is 5. The van der Waals surface area contributed by atoms with Crippen molar-refractivity contribution in [2.75, 3.05) is 39.3 Å². The molecule has 1 aromatic heterocycles. The molecule has 0 saturated carbocycles. The first kappa shape index (κ1) is 24.9. The quantitative estimate of drug-likeness (QED) is 0.643. The van der Waals surface area contributed by atoms with Gasteiger partial charge in [-0.2, -0.15) is 4.31 Å². The molecule has 0 unspecified atom stereocenters. The van der Waals surface area contributed by atoms with Crippen molar-refractivity contribution in [3.05, 3.63) is 45.8 Å². The van der Waals surface area contributed by atoms with Crippen LogP contribution in [0.25, 0.3) is 0 Å². The number of aryl methyl sites for hydroxylation is 5. The summed E-state index contributed by atoms with van der Waals surface area (Å²) in [5.41, 5.74) is 4.68. The molecule has 0 bridgehead atoms. The number of carbonyl (C=O) groups excluding carboxylic acids is 1. The Kier molecular flexibility index (Phi) is 7.17. The fourth-order valence-electron chi connectivity index (χ4n) is 5.38. The lowest BCUT2D eigenvalue weighted by atomic mass is 9.96. The van der Waals surface area contributed by atoms with E-state index in [0.29, 0.717) is 43.9 Å². The van der Waals surface area contributed by atoms with Crippen LogP contribution in [0.2, 0.25) is 0 Å². The second-order valence-electron chi connectivity index (χ2n) is 9.81. The fraction of sp³-hybridized carbons (Fsp3) is 0.600. The van der Waals surface area contributed by atoms with Crippen molar-refractivity contribution in [3.63, 3.8) is 0 Å². The van der Waals surface area contributed by atoms with Crippen LogP contribution in [0.1, 0.15) is 46.5 Å². The molecule has 2 aromatic rings. The highest BCUT2D eigenvalue weighted by molar-refractivity contribution is 7.89. The van der Waals surface area contributed by atoms with Crippen molar-refractivity contribution in [1.82, 2.24) is 19.3 Å². The molecule has 1 amide bonds. The van der Waals surface area contributed by atoms with Gasteiger partial charge in [0.1, 0.15) is 5.76 Å². The number of benzene rings is 1. The second kappa shape index (κ2) is 9.79. The molecular formula is C25H36N4O4S. The van der Waals surface area contributed by atoms with Gasteiger partial charge in [0.05, 0.1) is 10.6 Å². The van der Waals surface area contributed by atoms with E-state index in [-0.39, 0.29) is 11.8 Å². The summed E-state index contributed by atoms with van der Waals surface area (Å²) in [6.07, 6.45) is 1.14. The third-order valence-electron chi connectivity index (χ3n) is 7.25. The summed E-state index contributed by atoms with van der Waals surface area (Å²) in [7, 11) is -3.56. The first-order valence-corrected chi connectivity index (χ1v) is 13.5. The number of sulfonamides is 1. The van der Waals surface area contributed by atoms with Crippen molar-refractivity contribution < 1.29 is 17.7 Å². The van der Waals surface area contributed by atoms with E-state index in [0.717, 1.165) is 53.3 Å². The van der Waals surface area contributed by atoms with Gasteiger partial charge in [-0.1, -0.05) is 22.9 Å². The average molecular weight is 489 g/mol. The van der Waals surface area contributed by atoms with Crippen molar-refractivity contribution >= 4 is 15.9 Å². The van der Waals surface area contributed by atoms with Gasteiger partial charge >= 0.3 is 0 Å². The van der Waals surface area contributed by atoms with Crippen LogP contribution in [-0.4, -0.2) is 72.9 Å². The maximum Gasteiger partial charge on any atom is 0.243 e. The Morgan fingerprint density at radius 2 is 1.56 bits per heavy atom. The first-order chi connectivity index (χ1) is 16.1. The SMILES string of the molecule is Cc1cc(C)c(S(=O)(=O)N2CCC(C(=O)N3CCN(Cc4c(C)noc4C)CC3)CC2)c(C)c1. The highest BCUT2D eigenvalue weighted by Crippen LogP contribution is 2.29. The van der Waals surface area contributed by atoms with Gasteiger partial charge < -0.3 is 9.42 Å². The Morgan fingerprint density at radius 3 is 2.09 bits per heavy atom. The zero-order chi connectivity index (χ0) is 24.6. The van der Waals surface area contributed by atoms with Crippen LogP contribution in [0.15, 0.2) is 21.6 Å². The maximum absolute atomic E-state index is 13.3. The molecule has 1 aromatic carbocycles. The molecule has 0 atom stereocenters. The summed E-state index contributed by atoms with van der Waals surface area (Å²) in [4.78, 5) is 17.9. The van der Waals surface area contributed by atoms with E-state index in [1.807, 2.05) is 51.7 Å².